The normalized spacial score (nSPS) is 13.6. The molecule has 0 aromatic rings. The zero-order valence-electron chi connectivity index (χ0n) is 51.8. The molecule has 3 unspecified atom stereocenters. The van der Waals surface area contributed by atoms with E-state index in [2.05, 4.69) is 81.5 Å². The summed E-state index contributed by atoms with van der Waals surface area (Å²) in [6, 6.07) is 0. The first-order valence-electron chi connectivity index (χ1n) is 33.2. The van der Waals surface area contributed by atoms with E-state index in [-0.39, 0.29) is 25.9 Å². The third-order valence-corrected chi connectivity index (χ3v) is 15.3. The van der Waals surface area contributed by atoms with Gasteiger partial charge < -0.3 is 24.2 Å². The molecule has 0 aromatic carbocycles. The lowest BCUT2D eigenvalue weighted by Gasteiger charge is -2.21. The highest BCUT2D eigenvalue weighted by molar-refractivity contribution is 7.47. The molecule has 0 bridgehead atoms. The van der Waals surface area contributed by atoms with Crippen molar-refractivity contribution in [3.05, 3.63) is 60.8 Å². The topological polar surface area (TPSA) is 155 Å². The lowest BCUT2D eigenvalue weighted by Crippen LogP contribution is -2.30. The van der Waals surface area contributed by atoms with Crippen molar-refractivity contribution in [2.45, 2.75) is 328 Å². The van der Waals surface area contributed by atoms with Gasteiger partial charge in [0.25, 0.3) is 0 Å². The van der Waals surface area contributed by atoms with Crippen LogP contribution >= 0.6 is 7.82 Å². The fraction of sp³-hybridized carbons (Fsp3) is 0.809. The average molecular weight is 1150 g/mol. The van der Waals surface area contributed by atoms with Gasteiger partial charge in [-0.05, 0) is 109 Å². The molecular formula is C68H123O11P. The summed E-state index contributed by atoms with van der Waals surface area (Å²) in [5.74, 6) is -1.47. The summed E-state index contributed by atoms with van der Waals surface area (Å²) in [6.07, 6.45) is 70.2. The van der Waals surface area contributed by atoms with Crippen LogP contribution in [-0.4, -0.2) is 66.5 Å². The Morgan fingerprint density at radius 3 is 0.963 bits per heavy atom. The standard InChI is InChI=1S/C68H123O11P/c1-4-7-10-13-16-19-22-25-28-30-32-34-37-39-42-45-48-51-54-57-66(70)75-61-65(79-68(72)59-56-53-50-47-44-41-38-35-33-31-29-26-23-20-17-14-11-8-5-2)63-77-80(73,74)76-62-64(60-69)78-67(71)58-55-52-49-46-43-40-36-27-24-21-18-15-12-9-6-3/h17-18,20-21,25-29,36,64-65,69H,4-16,19,22-24,30-35,37-63H2,1-3H3,(H,73,74)/b20-17-,21-18-,28-25-,29-26-,36-27-. The Kier molecular flexibility index (Phi) is 60.0. The van der Waals surface area contributed by atoms with Crippen LogP contribution in [0, 0.1) is 0 Å². The fourth-order valence-electron chi connectivity index (χ4n) is 9.30. The number of rotatable bonds is 62. The van der Waals surface area contributed by atoms with Crippen LogP contribution in [0.5, 0.6) is 0 Å². The number of hydrogen-bond donors (Lipinski definition) is 2. The molecule has 0 saturated carbocycles. The van der Waals surface area contributed by atoms with Crippen LogP contribution in [-0.2, 0) is 42.2 Å². The predicted octanol–water partition coefficient (Wildman–Crippen LogP) is 20.3. The Morgan fingerprint density at radius 1 is 0.350 bits per heavy atom. The van der Waals surface area contributed by atoms with Gasteiger partial charge in [0, 0.05) is 19.3 Å². The van der Waals surface area contributed by atoms with Crippen molar-refractivity contribution in [1.29, 1.82) is 0 Å². The molecule has 3 atom stereocenters. The number of aliphatic hydroxyl groups is 1. The van der Waals surface area contributed by atoms with Gasteiger partial charge in [-0.15, -0.1) is 0 Å². The molecule has 80 heavy (non-hydrogen) atoms. The van der Waals surface area contributed by atoms with Crippen LogP contribution in [0.25, 0.3) is 0 Å². The lowest BCUT2D eigenvalue weighted by molar-refractivity contribution is -0.161. The number of esters is 3. The Morgan fingerprint density at radius 2 is 0.613 bits per heavy atom. The molecule has 0 aliphatic carbocycles. The summed E-state index contributed by atoms with van der Waals surface area (Å²) in [5.41, 5.74) is 0. The molecule has 0 heterocycles. The molecule has 0 aliphatic heterocycles. The number of unbranched alkanes of at least 4 members (excludes halogenated alkanes) is 35. The summed E-state index contributed by atoms with van der Waals surface area (Å²) in [5, 5.41) is 9.85. The highest BCUT2D eigenvalue weighted by Gasteiger charge is 2.28. The van der Waals surface area contributed by atoms with Gasteiger partial charge in [0.15, 0.2) is 6.10 Å². The minimum absolute atomic E-state index is 0.161. The fourth-order valence-corrected chi connectivity index (χ4v) is 10.1. The summed E-state index contributed by atoms with van der Waals surface area (Å²) in [4.78, 5) is 48.8. The second-order valence-electron chi connectivity index (χ2n) is 22.3. The van der Waals surface area contributed by atoms with Gasteiger partial charge in [0.05, 0.1) is 19.8 Å². The number of phosphoric acid groups is 1. The van der Waals surface area contributed by atoms with Crippen LogP contribution in [0.2, 0.25) is 0 Å². The molecule has 0 rings (SSSR count). The van der Waals surface area contributed by atoms with Gasteiger partial charge in [0.2, 0.25) is 0 Å². The number of ether oxygens (including phenoxy) is 3. The largest absolute Gasteiger partial charge is 0.472 e. The molecule has 12 heteroatoms. The molecular weight excluding hydrogens is 1020 g/mol. The van der Waals surface area contributed by atoms with Crippen molar-refractivity contribution in [2.75, 3.05) is 26.4 Å². The van der Waals surface area contributed by atoms with E-state index in [0.29, 0.717) is 19.3 Å². The number of allylic oxidation sites excluding steroid dienone is 10. The number of carbonyl (C=O) groups excluding carboxylic acids is 3. The van der Waals surface area contributed by atoms with Crippen molar-refractivity contribution in [1.82, 2.24) is 0 Å². The monoisotopic (exact) mass is 1150 g/mol. The van der Waals surface area contributed by atoms with Gasteiger partial charge in [-0.25, -0.2) is 4.57 Å². The summed E-state index contributed by atoms with van der Waals surface area (Å²) >= 11 is 0. The maximum Gasteiger partial charge on any atom is 0.472 e. The first-order chi connectivity index (χ1) is 39.2. The summed E-state index contributed by atoms with van der Waals surface area (Å²) in [6.45, 7) is 4.62. The van der Waals surface area contributed by atoms with E-state index in [1.54, 1.807) is 0 Å². The molecule has 0 aromatic heterocycles. The van der Waals surface area contributed by atoms with Crippen LogP contribution < -0.4 is 0 Å². The minimum Gasteiger partial charge on any atom is -0.462 e. The summed E-state index contributed by atoms with van der Waals surface area (Å²) in [7, 11) is -4.76. The predicted molar refractivity (Wildman–Crippen MR) is 335 cm³/mol. The Balaban J connectivity index is 4.70. The Bertz CT molecular complexity index is 1570. The van der Waals surface area contributed by atoms with Crippen molar-refractivity contribution in [2.24, 2.45) is 0 Å². The molecule has 0 aliphatic rings. The first kappa shape index (κ1) is 77.2. The van der Waals surface area contributed by atoms with E-state index < -0.39 is 57.8 Å². The lowest BCUT2D eigenvalue weighted by atomic mass is 10.1. The third kappa shape index (κ3) is 59.8. The number of hydrogen-bond acceptors (Lipinski definition) is 10. The van der Waals surface area contributed by atoms with E-state index in [1.165, 1.54) is 161 Å². The van der Waals surface area contributed by atoms with E-state index in [4.69, 9.17) is 23.3 Å². The van der Waals surface area contributed by atoms with Crippen LogP contribution in [0.3, 0.4) is 0 Å². The van der Waals surface area contributed by atoms with Crippen LogP contribution in [0.15, 0.2) is 60.8 Å². The second-order valence-corrected chi connectivity index (χ2v) is 23.7. The van der Waals surface area contributed by atoms with Crippen molar-refractivity contribution < 1.29 is 52.2 Å². The van der Waals surface area contributed by atoms with E-state index in [0.717, 1.165) is 96.3 Å². The van der Waals surface area contributed by atoms with Gasteiger partial charge >= 0.3 is 25.7 Å². The quantitative estimate of drug-likeness (QED) is 0.0197. The first-order valence-corrected chi connectivity index (χ1v) is 34.7. The second kappa shape index (κ2) is 62.2. The molecule has 0 radical (unpaired) electrons. The summed E-state index contributed by atoms with van der Waals surface area (Å²) < 4.78 is 39.7. The SMILES string of the molecule is CCCCC/C=C\C/C=C\CCCCCCCCCCCC(=O)OC(COC(=O)CCCCCCCCCCC/C=C\CCCCCCCC)COP(=O)(O)OCC(CO)OC(=O)CCCCCCC/C=C\C/C=C\CCCCC. The van der Waals surface area contributed by atoms with Crippen molar-refractivity contribution in [3.8, 4) is 0 Å². The maximum atomic E-state index is 13.0. The van der Waals surface area contributed by atoms with Gasteiger partial charge in [-0.3, -0.25) is 23.4 Å². The molecule has 466 valence electrons. The minimum atomic E-state index is -4.76. The van der Waals surface area contributed by atoms with Crippen molar-refractivity contribution >= 4 is 25.7 Å². The molecule has 0 saturated heterocycles. The van der Waals surface area contributed by atoms with Gasteiger partial charge in [0.1, 0.15) is 12.7 Å². The van der Waals surface area contributed by atoms with Gasteiger partial charge in [-0.1, -0.05) is 248 Å². The smallest absolute Gasteiger partial charge is 0.462 e. The number of phosphoric ester groups is 1. The Labute approximate surface area is 491 Å². The van der Waals surface area contributed by atoms with E-state index in [9.17, 15) is 28.9 Å². The average Bonchev–Trinajstić information content (AvgIpc) is 3.45. The molecule has 11 nitrogen and oxygen atoms in total. The number of carbonyl (C=O) groups is 3. The van der Waals surface area contributed by atoms with Crippen LogP contribution in [0.4, 0.5) is 0 Å². The molecule has 0 amide bonds. The highest BCUT2D eigenvalue weighted by atomic mass is 31.2. The van der Waals surface area contributed by atoms with E-state index >= 15 is 0 Å². The Hall–Kier alpha value is -2.82. The maximum absolute atomic E-state index is 13.0. The highest BCUT2D eigenvalue weighted by Crippen LogP contribution is 2.43. The third-order valence-electron chi connectivity index (χ3n) is 14.4. The zero-order chi connectivity index (χ0) is 58.3. The van der Waals surface area contributed by atoms with E-state index in [1.807, 2.05) is 0 Å². The zero-order valence-corrected chi connectivity index (χ0v) is 52.7. The van der Waals surface area contributed by atoms with Crippen LogP contribution in [0.1, 0.15) is 316 Å². The molecule has 2 N–H and O–H groups in total. The number of aliphatic hydroxyl groups excluding tert-OH is 1. The molecule has 0 fully saturated rings. The van der Waals surface area contributed by atoms with Crippen molar-refractivity contribution in [3.63, 3.8) is 0 Å². The van der Waals surface area contributed by atoms with Gasteiger partial charge in [-0.2, -0.15) is 0 Å². The molecule has 0 spiro atoms.